The van der Waals surface area contributed by atoms with Crippen molar-refractivity contribution in [2.45, 2.75) is 90.5 Å². The number of aromatic nitrogens is 4. The number of halogens is 2. The van der Waals surface area contributed by atoms with Crippen molar-refractivity contribution in [1.29, 1.82) is 0 Å². The zero-order valence-corrected chi connectivity index (χ0v) is 27.7. The molecule has 0 spiro atoms. The van der Waals surface area contributed by atoms with Crippen molar-refractivity contribution < 1.29 is 28.2 Å². The third kappa shape index (κ3) is 6.06. The molecule has 2 unspecified atom stereocenters. The van der Waals surface area contributed by atoms with E-state index in [4.69, 9.17) is 19.6 Å². The third-order valence-electron chi connectivity index (χ3n) is 8.63. The number of benzene rings is 1. The van der Waals surface area contributed by atoms with E-state index < -0.39 is 39.5 Å². The fourth-order valence-electron chi connectivity index (χ4n) is 5.76. The molecule has 42 heavy (non-hydrogen) atoms. The molecule has 0 aliphatic heterocycles. The van der Waals surface area contributed by atoms with E-state index in [9.17, 15) is 18.7 Å². The normalized spacial score (nSPS) is 21.3. The second kappa shape index (κ2) is 10.8. The second-order valence-corrected chi connectivity index (χ2v) is 25.7. The molecule has 2 heterocycles. The van der Waals surface area contributed by atoms with Gasteiger partial charge in [0, 0.05) is 64.1 Å². The molecule has 1 saturated carbocycles. The maximum Gasteiger partial charge on any atom is 0.409 e. The van der Waals surface area contributed by atoms with Crippen molar-refractivity contribution in [2.75, 3.05) is 18.5 Å². The molecule has 230 valence electrons. The Balaban J connectivity index is 1.54. The van der Waals surface area contributed by atoms with Crippen LogP contribution in [0.3, 0.4) is 0 Å². The van der Waals surface area contributed by atoms with Crippen molar-refractivity contribution in [3.63, 3.8) is 0 Å². The number of alkyl halides is 2. The van der Waals surface area contributed by atoms with Crippen molar-refractivity contribution in [2.24, 2.45) is 11.3 Å². The van der Waals surface area contributed by atoms with Crippen molar-refractivity contribution in [3.05, 3.63) is 29.5 Å². The first-order valence-corrected chi connectivity index (χ1v) is 22.0. The number of anilines is 1. The Morgan fingerprint density at radius 2 is 1.74 bits per heavy atom. The van der Waals surface area contributed by atoms with E-state index in [0.29, 0.717) is 35.9 Å². The zero-order chi connectivity index (χ0) is 30.7. The molecule has 9 nitrogen and oxygen atoms in total. The highest BCUT2D eigenvalue weighted by Gasteiger charge is 2.78. The number of ether oxygens (including phenoxy) is 2. The van der Waals surface area contributed by atoms with Crippen LogP contribution >= 0.6 is 0 Å². The number of hydrogen-bond donors (Lipinski definition) is 2. The number of hydrogen-bond acceptors (Lipinski definition) is 5. The molecule has 3 aromatic rings. The monoisotopic (exact) mass is 619 g/mol. The van der Waals surface area contributed by atoms with E-state index >= 15 is 0 Å². The van der Waals surface area contributed by atoms with Crippen LogP contribution in [0.1, 0.15) is 18.2 Å². The Morgan fingerprint density at radius 3 is 2.36 bits per heavy atom. The molecule has 13 heteroatoms. The van der Waals surface area contributed by atoms with Gasteiger partial charge in [0.1, 0.15) is 19.2 Å². The van der Waals surface area contributed by atoms with Gasteiger partial charge in [0.05, 0.1) is 11.0 Å². The van der Waals surface area contributed by atoms with Crippen LogP contribution in [0.15, 0.2) is 18.2 Å². The summed E-state index contributed by atoms with van der Waals surface area (Å²) in [6, 6.07) is 7.14. The largest absolute Gasteiger partial charge is 0.465 e. The fraction of sp³-hybridized carbons (Fsp3) is 0.621. The summed E-state index contributed by atoms with van der Waals surface area (Å²) < 4.78 is 45.8. The number of amides is 1. The Bertz CT molecular complexity index is 1490. The summed E-state index contributed by atoms with van der Waals surface area (Å²) in [5, 5.41) is 16.5. The van der Waals surface area contributed by atoms with Crippen LogP contribution in [0, 0.1) is 11.3 Å². The highest BCUT2D eigenvalue weighted by Crippen LogP contribution is 2.70. The predicted molar refractivity (Wildman–Crippen MR) is 165 cm³/mol. The van der Waals surface area contributed by atoms with Gasteiger partial charge in [-0.15, -0.1) is 0 Å². The summed E-state index contributed by atoms with van der Waals surface area (Å²) in [5.74, 6) is -2.95. The van der Waals surface area contributed by atoms with Gasteiger partial charge < -0.3 is 14.6 Å². The summed E-state index contributed by atoms with van der Waals surface area (Å²) in [6.07, 6.45) is -0.725. The first kappa shape index (κ1) is 30.8. The molecule has 0 radical (unpaired) electrons. The summed E-state index contributed by atoms with van der Waals surface area (Å²) in [7, 11) is -2.61. The molecule has 2 aromatic heterocycles. The van der Waals surface area contributed by atoms with Gasteiger partial charge in [-0.2, -0.15) is 5.10 Å². The summed E-state index contributed by atoms with van der Waals surface area (Å²) >= 11 is 0. The number of imidazole rings is 1. The van der Waals surface area contributed by atoms with Crippen LogP contribution in [-0.4, -0.2) is 65.8 Å². The molecular weight excluding hydrogens is 577 g/mol. The van der Waals surface area contributed by atoms with Crippen LogP contribution in [0.25, 0.3) is 22.6 Å². The number of nitrogens with zero attached hydrogens (tertiary/aromatic N) is 4. The van der Waals surface area contributed by atoms with Gasteiger partial charge in [-0.3, -0.25) is 9.88 Å². The number of rotatable bonds is 12. The van der Waals surface area contributed by atoms with Gasteiger partial charge in [0.2, 0.25) is 0 Å². The van der Waals surface area contributed by atoms with Crippen LogP contribution < -0.4 is 5.32 Å². The Labute approximate surface area is 247 Å². The van der Waals surface area contributed by atoms with E-state index in [1.807, 2.05) is 4.57 Å². The fourth-order valence-corrected chi connectivity index (χ4v) is 7.27. The average molecular weight is 620 g/mol. The average Bonchev–Trinajstić information content (AvgIpc) is 3.16. The number of carbonyl (C=O) groups is 1. The number of fused-ring (bicyclic) bond motifs is 3. The molecular formula is C29H43F2N5O4Si2. The highest BCUT2D eigenvalue weighted by molar-refractivity contribution is 6.76. The smallest absolute Gasteiger partial charge is 0.409 e. The summed E-state index contributed by atoms with van der Waals surface area (Å²) in [4.78, 5) is 16.1. The lowest BCUT2D eigenvalue weighted by Gasteiger charge is -2.19. The third-order valence-corrected chi connectivity index (χ3v) is 12.0. The van der Waals surface area contributed by atoms with Crippen molar-refractivity contribution >= 4 is 39.0 Å². The van der Waals surface area contributed by atoms with Crippen LogP contribution in [0.2, 0.25) is 51.4 Å². The second-order valence-electron chi connectivity index (χ2n) is 14.4. The Kier molecular flexibility index (Phi) is 7.95. The molecule has 2 N–H and O–H groups in total. The van der Waals surface area contributed by atoms with E-state index in [2.05, 4.69) is 44.6 Å². The van der Waals surface area contributed by atoms with E-state index in [1.54, 1.807) is 29.8 Å². The SMILES string of the molecule is CC12Cc3c(c(-c4nc5cc(NC(=O)O)ccc5n4COCC[Si](C)(C)C)nn3COCC[Si](C)(C)C)CC1C2(F)F. The summed E-state index contributed by atoms with van der Waals surface area (Å²) in [6.45, 7) is 17.0. The minimum absolute atomic E-state index is 0.193. The molecule has 2 atom stereocenters. The molecule has 1 aromatic carbocycles. The van der Waals surface area contributed by atoms with Gasteiger partial charge in [0.25, 0.3) is 5.92 Å². The Morgan fingerprint density at radius 1 is 1.10 bits per heavy atom. The van der Waals surface area contributed by atoms with Crippen LogP contribution in [0.5, 0.6) is 0 Å². The maximum absolute atomic E-state index is 15.0. The lowest BCUT2D eigenvalue weighted by molar-refractivity contribution is 0.0591. The van der Waals surface area contributed by atoms with Gasteiger partial charge in [-0.05, 0) is 36.7 Å². The standard InChI is InChI=1S/C29H43F2N5O4Si2/c1-28-16-23-20(15-24(28)29(28,30)31)25(34-36(23)18-40-11-13-42(5,6)7)26-33-21-14-19(32-27(37)38)8-9-22(21)35(26)17-39-10-12-41(2,3)4/h8-9,14,24,32H,10-13,15-18H2,1-7H3,(H,37,38). The molecule has 0 bridgehead atoms. The van der Waals surface area contributed by atoms with E-state index in [0.717, 1.165) is 28.9 Å². The summed E-state index contributed by atoms with van der Waals surface area (Å²) in [5.41, 5.74) is 2.75. The van der Waals surface area contributed by atoms with Gasteiger partial charge in [-0.25, -0.2) is 23.2 Å². The lowest BCUT2D eigenvalue weighted by atomic mass is 9.87. The highest BCUT2D eigenvalue weighted by atomic mass is 28.3. The van der Waals surface area contributed by atoms with Crippen molar-refractivity contribution in [3.8, 4) is 11.5 Å². The lowest BCUT2D eigenvalue weighted by Crippen LogP contribution is -2.23. The van der Waals surface area contributed by atoms with Crippen molar-refractivity contribution in [1.82, 2.24) is 19.3 Å². The van der Waals surface area contributed by atoms with E-state index in [-0.39, 0.29) is 26.3 Å². The molecule has 0 saturated heterocycles. The predicted octanol–water partition coefficient (Wildman–Crippen LogP) is 6.98. The molecule has 1 amide bonds. The number of carboxylic acid groups (broad SMARTS) is 1. The van der Waals surface area contributed by atoms with Gasteiger partial charge in [-0.1, -0.05) is 46.2 Å². The quantitative estimate of drug-likeness (QED) is 0.167. The molecule has 2 aliphatic rings. The first-order valence-electron chi connectivity index (χ1n) is 14.6. The van der Waals surface area contributed by atoms with Gasteiger partial charge >= 0.3 is 6.09 Å². The molecule has 1 fully saturated rings. The molecule has 2 aliphatic carbocycles. The maximum atomic E-state index is 15.0. The Hall–Kier alpha value is -2.62. The minimum Gasteiger partial charge on any atom is -0.465 e. The number of nitrogens with one attached hydrogen (secondary N) is 1. The zero-order valence-electron chi connectivity index (χ0n) is 25.7. The molecule has 5 rings (SSSR count). The van der Waals surface area contributed by atoms with Crippen LogP contribution in [0.4, 0.5) is 19.3 Å². The van der Waals surface area contributed by atoms with Gasteiger partial charge in [0.15, 0.2) is 5.82 Å². The van der Waals surface area contributed by atoms with E-state index in [1.165, 1.54) is 0 Å². The first-order chi connectivity index (χ1) is 19.5. The topological polar surface area (TPSA) is 103 Å². The minimum atomic E-state index is -2.73. The van der Waals surface area contributed by atoms with Crippen LogP contribution in [-0.2, 0) is 35.8 Å².